The highest BCUT2D eigenvalue weighted by molar-refractivity contribution is 5.70. The van der Waals surface area contributed by atoms with E-state index in [-0.39, 0.29) is 6.09 Å². The molecule has 0 aromatic heterocycles. The predicted molar refractivity (Wildman–Crippen MR) is 70.1 cm³/mol. The summed E-state index contributed by atoms with van der Waals surface area (Å²) in [7, 11) is 0. The molecule has 98 valence electrons. The van der Waals surface area contributed by atoms with Crippen LogP contribution in [0.5, 0.6) is 0 Å². The number of ether oxygens (including phenoxy) is 1. The van der Waals surface area contributed by atoms with Crippen molar-refractivity contribution in [2.24, 2.45) is 5.73 Å². The van der Waals surface area contributed by atoms with Crippen molar-refractivity contribution in [2.75, 3.05) is 13.1 Å². The molecule has 1 fully saturated rings. The number of benzene rings is 1. The van der Waals surface area contributed by atoms with Gasteiger partial charge in [0.05, 0.1) is 6.54 Å². The van der Waals surface area contributed by atoms with E-state index in [1.807, 2.05) is 26.0 Å². The molecule has 1 unspecified atom stereocenters. The van der Waals surface area contributed by atoms with Gasteiger partial charge in [0.2, 0.25) is 0 Å². The molecular weight excluding hydrogens is 228 g/mol. The number of nitrogens with zero attached hydrogens (tertiary/aromatic N) is 1. The number of rotatable bonds is 4. The van der Waals surface area contributed by atoms with Gasteiger partial charge in [0, 0.05) is 13.0 Å². The number of hydrogen-bond donors (Lipinski definition) is 1. The molecule has 4 nitrogen and oxygen atoms in total. The molecule has 1 aliphatic heterocycles. The summed E-state index contributed by atoms with van der Waals surface area (Å²) in [4.78, 5) is 13.5. The summed E-state index contributed by atoms with van der Waals surface area (Å²) < 4.78 is 5.40. The molecule has 2 rings (SSSR count). The van der Waals surface area contributed by atoms with E-state index < -0.39 is 5.60 Å². The van der Waals surface area contributed by atoms with Crippen LogP contribution in [0.2, 0.25) is 0 Å². The lowest BCUT2D eigenvalue weighted by Crippen LogP contribution is -2.33. The predicted octanol–water partition coefficient (Wildman–Crippen LogP) is 2.05. The Bertz CT molecular complexity index is 430. The zero-order valence-electron chi connectivity index (χ0n) is 11.0. The summed E-state index contributed by atoms with van der Waals surface area (Å²) in [6, 6.07) is 8.19. The first-order valence-electron chi connectivity index (χ1n) is 6.26. The molecule has 4 heteroatoms. The largest absolute Gasteiger partial charge is 0.441 e. The third kappa shape index (κ3) is 2.82. The van der Waals surface area contributed by atoms with Gasteiger partial charge in [0.15, 0.2) is 0 Å². The van der Waals surface area contributed by atoms with Crippen LogP contribution >= 0.6 is 0 Å². The summed E-state index contributed by atoms with van der Waals surface area (Å²) >= 11 is 0. The third-order valence-corrected chi connectivity index (χ3v) is 3.28. The quantitative estimate of drug-likeness (QED) is 0.887. The summed E-state index contributed by atoms with van der Waals surface area (Å²) in [5.41, 5.74) is 7.45. The molecule has 1 saturated heterocycles. The van der Waals surface area contributed by atoms with Crippen LogP contribution in [-0.4, -0.2) is 29.7 Å². The van der Waals surface area contributed by atoms with E-state index in [1.54, 1.807) is 4.90 Å². The maximum absolute atomic E-state index is 11.8. The minimum atomic E-state index is -0.434. The number of hydrogen-bond acceptors (Lipinski definition) is 3. The van der Waals surface area contributed by atoms with Crippen molar-refractivity contribution in [1.29, 1.82) is 0 Å². The highest BCUT2D eigenvalue weighted by Gasteiger charge is 2.40. The Balaban J connectivity index is 2.02. The summed E-state index contributed by atoms with van der Waals surface area (Å²) in [6.07, 6.45) is 0.454. The van der Waals surface area contributed by atoms with Gasteiger partial charge in [-0.25, -0.2) is 4.79 Å². The van der Waals surface area contributed by atoms with Gasteiger partial charge in [-0.3, -0.25) is 4.90 Å². The Morgan fingerprint density at radius 3 is 2.67 bits per heavy atom. The molecule has 2 N–H and O–H groups in total. The normalized spacial score (nSPS) is 23.3. The second-order valence-electron chi connectivity index (χ2n) is 5.20. The molecule has 1 aromatic carbocycles. The van der Waals surface area contributed by atoms with E-state index in [0.29, 0.717) is 26.1 Å². The lowest BCUT2D eigenvalue weighted by molar-refractivity contribution is 0.0669. The van der Waals surface area contributed by atoms with Gasteiger partial charge in [-0.2, -0.15) is 0 Å². The number of carbonyl (C=O) groups excluding carboxylic acids is 1. The topological polar surface area (TPSA) is 55.6 Å². The molecule has 0 radical (unpaired) electrons. The van der Waals surface area contributed by atoms with Crippen LogP contribution in [0.3, 0.4) is 0 Å². The molecule has 0 aliphatic carbocycles. The maximum atomic E-state index is 11.8. The van der Waals surface area contributed by atoms with Crippen LogP contribution < -0.4 is 5.73 Å². The van der Waals surface area contributed by atoms with Gasteiger partial charge in [0.1, 0.15) is 5.60 Å². The fourth-order valence-electron chi connectivity index (χ4n) is 2.25. The zero-order valence-corrected chi connectivity index (χ0v) is 11.0. The van der Waals surface area contributed by atoms with E-state index in [9.17, 15) is 4.79 Å². The first-order chi connectivity index (χ1) is 8.52. The minimum absolute atomic E-state index is 0.244. The van der Waals surface area contributed by atoms with Crippen LogP contribution in [-0.2, 0) is 11.3 Å². The number of aryl methyl sites for hydroxylation is 1. The van der Waals surface area contributed by atoms with Crippen LogP contribution in [0.25, 0.3) is 0 Å². The van der Waals surface area contributed by atoms with E-state index in [2.05, 4.69) is 12.1 Å². The average Bonchev–Trinajstić information content (AvgIpc) is 2.57. The van der Waals surface area contributed by atoms with Gasteiger partial charge < -0.3 is 10.5 Å². The van der Waals surface area contributed by atoms with Gasteiger partial charge in [0.25, 0.3) is 0 Å². The molecule has 0 saturated carbocycles. The summed E-state index contributed by atoms with van der Waals surface area (Å²) in [5, 5.41) is 0. The van der Waals surface area contributed by atoms with Gasteiger partial charge in [-0.15, -0.1) is 0 Å². The van der Waals surface area contributed by atoms with Crippen molar-refractivity contribution in [3.05, 3.63) is 35.4 Å². The van der Waals surface area contributed by atoms with Crippen LogP contribution in [0.15, 0.2) is 24.3 Å². The van der Waals surface area contributed by atoms with Crippen LogP contribution in [0.1, 0.15) is 24.5 Å². The number of carbonyl (C=O) groups is 1. The smallest absolute Gasteiger partial charge is 0.410 e. The van der Waals surface area contributed by atoms with Gasteiger partial charge in [-0.05, 0) is 26.0 Å². The summed E-state index contributed by atoms with van der Waals surface area (Å²) in [6.45, 7) is 5.72. The Labute approximate surface area is 108 Å². The number of nitrogens with two attached hydrogens (primary N) is 1. The first kappa shape index (κ1) is 12.9. The Morgan fingerprint density at radius 2 is 2.06 bits per heavy atom. The molecule has 1 aliphatic rings. The fourth-order valence-corrected chi connectivity index (χ4v) is 2.25. The van der Waals surface area contributed by atoms with Crippen LogP contribution in [0, 0.1) is 6.92 Å². The first-order valence-corrected chi connectivity index (χ1v) is 6.26. The van der Waals surface area contributed by atoms with Gasteiger partial charge in [-0.1, -0.05) is 29.8 Å². The zero-order chi connectivity index (χ0) is 13.2. The fraction of sp³-hybridized carbons (Fsp3) is 0.500. The van der Waals surface area contributed by atoms with Crippen molar-refractivity contribution in [1.82, 2.24) is 4.90 Å². The SMILES string of the molecule is Cc1ccc(CN2CC(C)(CCN)OC2=O)cc1. The molecule has 18 heavy (non-hydrogen) atoms. The summed E-state index contributed by atoms with van der Waals surface area (Å²) in [5.74, 6) is 0. The van der Waals surface area contributed by atoms with Crippen molar-refractivity contribution in [3.63, 3.8) is 0 Å². The van der Waals surface area contributed by atoms with E-state index in [1.165, 1.54) is 5.56 Å². The van der Waals surface area contributed by atoms with Crippen molar-refractivity contribution in [2.45, 2.75) is 32.4 Å². The van der Waals surface area contributed by atoms with Crippen molar-refractivity contribution < 1.29 is 9.53 Å². The molecular formula is C14H20N2O2. The molecule has 1 amide bonds. The molecule has 1 atom stereocenters. The lowest BCUT2D eigenvalue weighted by atomic mass is 10.0. The number of cyclic esters (lactones) is 1. The molecule has 1 heterocycles. The Morgan fingerprint density at radius 1 is 1.39 bits per heavy atom. The minimum Gasteiger partial charge on any atom is -0.441 e. The van der Waals surface area contributed by atoms with E-state index in [4.69, 9.17) is 10.5 Å². The highest BCUT2D eigenvalue weighted by Crippen LogP contribution is 2.26. The van der Waals surface area contributed by atoms with Crippen LogP contribution in [0.4, 0.5) is 4.79 Å². The van der Waals surface area contributed by atoms with Gasteiger partial charge >= 0.3 is 6.09 Å². The number of amides is 1. The monoisotopic (exact) mass is 248 g/mol. The van der Waals surface area contributed by atoms with E-state index in [0.717, 1.165) is 5.56 Å². The highest BCUT2D eigenvalue weighted by atomic mass is 16.6. The average molecular weight is 248 g/mol. The van der Waals surface area contributed by atoms with Crippen molar-refractivity contribution in [3.8, 4) is 0 Å². The second kappa shape index (κ2) is 4.98. The maximum Gasteiger partial charge on any atom is 0.410 e. The second-order valence-corrected chi connectivity index (χ2v) is 5.20. The Hall–Kier alpha value is -1.55. The molecule has 0 spiro atoms. The van der Waals surface area contributed by atoms with E-state index >= 15 is 0 Å². The molecule has 1 aromatic rings. The van der Waals surface area contributed by atoms with Crippen molar-refractivity contribution >= 4 is 6.09 Å². The molecule has 0 bridgehead atoms. The Kier molecular flexibility index (Phi) is 3.57. The lowest BCUT2D eigenvalue weighted by Gasteiger charge is -2.20. The standard InChI is InChI=1S/C14H20N2O2/c1-11-3-5-12(6-4-11)9-16-10-14(2,7-8-15)18-13(16)17/h3-6H,7-10,15H2,1-2H3. The third-order valence-electron chi connectivity index (χ3n) is 3.28.